The van der Waals surface area contributed by atoms with Gasteiger partial charge in [0.05, 0.1) is 71.8 Å². The van der Waals surface area contributed by atoms with E-state index >= 15 is 0 Å². The summed E-state index contributed by atoms with van der Waals surface area (Å²) in [5.41, 5.74) is 1.34. The first-order valence-electron chi connectivity index (χ1n) is 14.5. The van der Waals surface area contributed by atoms with E-state index in [1.54, 1.807) is 50.4 Å². The highest BCUT2D eigenvalue weighted by Crippen LogP contribution is 2.13. The van der Waals surface area contributed by atoms with Crippen LogP contribution in [0, 0.1) is 0 Å². The average Bonchev–Trinajstić information content (AvgIpc) is 3.02. The predicted octanol–water partition coefficient (Wildman–Crippen LogP) is 2.37. The molecule has 2 rings (SSSR count). The van der Waals surface area contributed by atoms with Gasteiger partial charge in [-0.05, 0) is 43.3 Å². The zero-order valence-corrected chi connectivity index (χ0v) is 25.7. The summed E-state index contributed by atoms with van der Waals surface area (Å²) in [7, 11) is 1.63. The largest absolute Gasteiger partial charge is 0.508 e. The van der Waals surface area contributed by atoms with Gasteiger partial charge in [-0.15, -0.1) is 0 Å². The fraction of sp³-hybridized carbons (Fsp3) is 0.452. The Morgan fingerprint density at radius 2 is 1.39 bits per heavy atom. The van der Waals surface area contributed by atoms with Gasteiger partial charge in [-0.1, -0.05) is 24.8 Å². The van der Waals surface area contributed by atoms with E-state index in [1.807, 2.05) is 18.2 Å². The van der Waals surface area contributed by atoms with Crippen LogP contribution in [0.4, 0.5) is 5.69 Å². The van der Waals surface area contributed by atoms with Crippen molar-refractivity contribution in [2.45, 2.75) is 6.92 Å². The number of benzene rings is 2. The van der Waals surface area contributed by atoms with Crippen molar-refractivity contribution in [2.75, 3.05) is 91.5 Å². The minimum Gasteiger partial charge on any atom is -0.508 e. The summed E-state index contributed by atoms with van der Waals surface area (Å²) < 4.78 is 26.9. The second-order valence-corrected chi connectivity index (χ2v) is 9.16. The molecule has 0 heterocycles. The molecule has 13 nitrogen and oxygen atoms in total. The van der Waals surface area contributed by atoms with Gasteiger partial charge in [0.1, 0.15) is 11.6 Å². The van der Waals surface area contributed by atoms with E-state index in [1.165, 1.54) is 0 Å². The Morgan fingerprint density at radius 1 is 0.795 bits per heavy atom. The number of aromatic hydroxyl groups is 1. The lowest BCUT2D eigenvalue weighted by Gasteiger charge is -2.16. The third-order valence-electron chi connectivity index (χ3n) is 5.58. The van der Waals surface area contributed by atoms with Crippen LogP contribution in [0.2, 0.25) is 0 Å². The van der Waals surface area contributed by atoms with Crippen molar-refractivity contribution in [1.82, 2.24) is 16.0 Å². The van der Waals surface area contributed by atoms with Crippen molar-refractivity contribution in [3.05, 3.63) is 72.6 Å². The second kappa shape index (κ2) is 23.4. The van der Waals surface area contributed by atoms with Crippen molar-refractivity contribution >= 4 is 23.4 Å². The topological polar surface area (TPSA) is 156 Å². The summed E-state index contributed by atoms with van der Waals surface area (Å²) in [4.78, 5) is 21.0. The van der Waals surface area contributed by atoms with Crippen LogP contribution in [0.1, 0.15) is 17.3 Å². The lowest BCUT2D eigenvalue weighted by atomic mass is 10.2. The molecule has 242 valence electrons. The summed E-state index contributed by atoms with van der Waals surface area (Å²) in [6, 6.07) is 15.6. The lowest BCUT2D eigenvalue weighted by Crippen LogP contribution is -2.37. The van der Waals surface area contributed by atoms with E-state index < -0.39 is 0 Å². The Morgan fingerprint density at radius 3 is 2.05 bits per heavy atom. The third kappa shape index (κ3) is 17.8. The number of hydrogen-bond acceptors (Lipinski definition) is 9. The van der Waals surface area contributed by atoms with Crippen molar-refractivity contribution in [2.24, 2.45) is 9.98 Å². The van der Waals surface area contributed by atoms with Crippen LogP contribution in [0.5, 0.6) is 5.75 Å². The maximum absolute atomic E-state index is 12.0. The molecular formula is C31H46N6O7. The molecule has 0 unspecified atom stereocenters. The summed E-state index contributed by atoms with van der Waals surface area (Å²) in [6.07, 6.45) is 0. The monoisotopic (exact) mass is 614 g/mol. The number of rotatable bonds is 22. The summed E-state index contributed by atoms with van der Waals surface area (Å²) >= 11 is 0. The number of amidine groups is 1. The van der Waals surface area contributed by atoms with Crippen LogP contribution < -0.4 is 21.3 Å². The minimum atomic E-state index is -0.125. The molecule has 0 aromatic heterocycles. The molecule has 13 heteroatoms. The molecule has 0 radical (unpaired) electrons. The number of aliphatic imine (C=N–C) groups is 2. The minimum absolute atomic E-state index is 0.125. The molecule has 0 aliphatic heterocycles. The number of nitrogens with one attached hydrogen (secondary N) is 4. The number of anilines is 1. The zero-order valence-electron chi connectivity index (χ0n) is 25.7. The highest BCUT2D eigenvalue weighted by molar-refractivity contribution is 6.02. The van der Waals surface area contributed by atoms with Crippen molar-refractivity contribution in [3.63, 3.8) is 0 Å². The number of phenolic OH excluding ortho intramolecular Hbond substituents is 1. The third-order valence-corrected chi connectivity index (χ3v) is 5.58. The van der Waals surface area contributed by atoms with E-state index in [0.717, 1.165) is 5.69 Å². The van der Waals surface area contributed by atoms with Gasteiger partial charge in [-0.3, -0.25) is 9.79 Å². The normalized spacial score (nSPS) is 11.7. The smallest absolute Gasteiger partial charge is 0.251 e. The van der Waals surface area contributed by atoms with Crippen LogP contribution in [0.15, 0.2) is 77.0 Å². The summed E-state index contributed by atoms with van der Waals surface area (Å²) in [5.74, 6) is 1.48. The summed E-state index contributed by atoms with van der Waals surface area (Å²) in [6.45, 7) is 11.3. The maximum Gasteiger partial charge on any atom is 0.251 e. The first-order chi connectivity index (χ1) is 21.5. The Kier molecular flexibility index (Phi) is 19.3. The van der Waals surface area contributed by atoms with Gasteiger partial charge < -0.3 is 50.1 Å². The van der Waals surface area contributed by atoms with Gasteiger partial charge >= 0.3 is 0 Å². The molecule has 0 fully saturated rings. The molecule has 0 saturated carbocycles. The molecule has 2 aromatic carbocycles. The van der Waals surface area contributed by atoms with Crippen LogP contribution in [-0.2, 0) is 23.7 Å². The SMILES string of the molecule is C=C(NCCOCCOCCOC)NC(=NC(C)=NCCOCCOCCNC(=O)c1ccccc1)Nc1ccc(O)cc1. The van der Waals surface area contributed by atoms with E-state index in [-0.39, 0.29) is 11.7 Å². The van der Waals surface area contributed by atoms with Gasteiger partial charge in [0.25, 0.3) is 5.91 Å². The van der Waals surface area contributed by atoms with Crippen molar-refractivity contribution < 1.29 is 33.6 Å². The second-order valence-electron chi connectivity index (χ2n) is 9.16. The standard InChI is InChI=1S/C31H46N6O7/c1-25(32-13-16-41-21-22-43-18-15-34-30(39)27-7-5-4-6-8-27)35-31(37-28-9-11-29(38)12-10-28)36-26(2)33-14-17-42-23-24-44-20-19-40-3/h4-12,33,38H,2,13-24H2,1,3H3,(H,34,39)(H2,32,35,36,37). The molecule has 0 atom stereocenters. The molecule has 0 spiro atoms. The van der Waals surface area contributed by atoms with E-state index in [4.69, 9.17) is 23.7 Å². The van der Waals surface area contributed by atoms with Crippen LogP contribution in [0.3, 0.4) is 0 Å². The number of carbonyl (C=O) groups is 1. The molecule has 2 aromatic rings. The van der Waals surface area contributed by atoms with Gasteiger partial charge in [-0.25, -0.2) is 4.99 Å². The van der Waals surface area contributed by atoms with Crippen LogP contribution in [-0.4, -0.2) is 109 Å². The van der Waals surface area contributed by atoms with Crippen molar-refractivity contribution in [1.29, 1.82) is 0 Å². The highest BCUT2D eigenvalue weighted by Gasteiger charge is 2.05. The number of methoxy groups -OCH3 is 1. The van der Waals surface area contributed by atoms with Gasteiger partial charge in [0.15, 0.2) is 0 Å². The van der Waals surface area contributed by atoms with Crippen molar-refractivity contribution in [3.8, 4) is 5.75 Å². The molecule has 1 amide bonds. The molecule has 0 saturated heterocycles. The van der Waals surface area contributed by atoms with E-state index in [9.17, 15) is 9.90 Å². The molecule has 0 aliphatic rings. The molecule has 5 N–H and O–H groups in total. The van der Waals surface area contributed by atoms with E-state index in [0.29, 0.717) is 102 Å². The number of phenols is 1. The molecule has 0 bridgehead atoms. The molecular weight excluding hydrogens is 568 g/mol. The first kappa shape index (κ1) is 36.2. The number of nitrogens with zero attached hydrogens (tertiary/aromatic N) is 2. The highest BCUT2D eigenvalue weighted by atomic mass is 16.5. The molecule has 0 aliphatic carbocycles. The Balaban J connectivity index is 1.67. The fourth-order valence-electron chi connectivity index (χ4n) is 3.41. The van der Waals surface area contributed by atoms with E-state index in [2.05, 4.69) is 37.8 Å². The van der Waals surface area contributed by atoms with Crippen LogP contribution >= 0.6 is 0 Å². The zero-order chi connectivity index (χ0) is 31.7. The van der Waals surface area contributed by atoms with Crippen LogP contribution in [0.25, 0.3) is 0 Å². The average molecular weight is 615 g/mol. The Labute approximate surface area is 259 Å². The quantitative estimate of drug-likeness (QED) is 0.0578. The number of carbonyl (C=O) groups excluding carboxylic acids is 1. The van der Waals surface area contributed by atoms with Gasteiger partial charge in [0.2, 0.25) is 5.96 Å². The maximum atomic E-state index is 12.0. The number of ether oxygens (including phenoxy) is 5. The number of hydrogen-bond donors (Lipinski definition) is 5. The number of amides is 1. The van der Waals surface area contributed by atoms with Gasteiger partial charge in [-0.2, -0.15) is 0 Å². The fourth-order valence-corrected chi connectivity index (χ4v) is 3.41. The van der Waals surface area contributed by atoms with Gasteiger partial charge in [0, 0.05) is 31.5 Å². The Hall–Kier alpha value is -4.01. The molecule has 44 heavy (non-hydrogen) atoms. The Bertz CT molecular complexity index is 1130. The first-order valence-corrected chi connectivity index (χ1v) is 14.5. The lowest BCUT2D eigenvalue weighted by molar-refractivity contribution is 0.0258. The number of guanidine groups is 1. The predicted molar refractivity (Wildman–Crippen MR) is 171 cm³/mol. The summed E-state index contributed by atoms with van der Waals surface area (Å²) in [5, 5.41) is 21.8.